The quantitative estimate of drug-likeness (QED) is 0.549. The molecule has 0 amide bonds. The number of allylic oxidation sites excluding steroid dienone is 2. The smallest absolute Gasteiger partial charge is 0.305 e. The molecule has 3 heterocycles. The van der Waals surface area contributed by atoms with E-state index in [0.717, 1.165) is 6.42 Å². The Morgan fingerprint density at radius 2 is 2.09 bits per heavy atom. The third kappa shape index (κ3) is 2.52. The molecule has 3 fully saturated rings. The van der Waals surface area contributed by atoms with E-state index in [9.17, 15) is 9.90 Å². The van der Waals surface area contributed by atoms with E-state index < -0.39 is 11.5 Å². The monoisotopic (exact) mass is 454 g/mol. The van der Waals surface area contributed by atoms with E-state index in [1.807, 2.05) is 18.4 Å². The van der Waals surface area contributed by atoms with Crippen LogP contribution in [0.15, 0.2) is 46.3 Å². The molecule has 0 spiro atoms. The zero-order valence-corrected chi connectivity index (χ0v) is 20.0. The largest absolute Gasteiger partial charge is 0.472 e. The van der Waals surface area contributed by atoms with Crippen molar-refractivity contribution >= 4 is 5.97 Å². The molecular weight excluding hydrogens is 420 g/mol. The second-order valence-corrected chi connectivity index (χ2v) is 11.5. The lowest BCUT2D eigenvalue weighted by molar-refractivity contribution is -0.181. The summed E-state index contributed by atoms with van der Waals surface area (Å²) in [4.78, 5) is 12.8. The Bertz CT molecular complexity index is 1040. The van der Waals surface area contributed by atoms with Crippen LogP contribution in [-0.4, -0.2) is 49.2 Å². The SMILES string of the molecule is COC(=O)C[C@H]1[C@]2(C)C3=C(C)[C@H](c4ccoc4)C[C@H]3O[C@@H]2[C@@H]2OC[C@]3(C)C(O)C=C[C@@]1(C)C23. The van der Waals surface area contributed by atoms with E-state index in [1.54, 1.807) is 6.26 Å². The first-order valence-corrected chi connectivity index (χ1v) is 12.1. The fraction of sp³-hybridized carbons (Fsp3) is 0.667. The van der Waals surface area contributed by atoms with E-state index in [1.165, 1.54) is 23.8 Å². The Kier molecular flexibility index (Phi) is 4.48. The van der Waals surface area contributed by atoms with Crippen LogP contribution in [0.1, 0.15) is 52.0 Å². The van der Waals surface area contributed by atoms with Gasteiger partial charge in [-0.15, -0.1) is 0 Å². The van der Waals surface area contributed by atoms with Gasteiger partial charge in [0.15, 0.2) is 0 Å². The van der Waals surface area contributed by atoms with E-state index >= 15 is 0 Å². The lowest BCUT2D eigenvalue weighted by Gasteiger charge is -2.61. The summed E-state index contributed by atoms with van der Waals surface area (Å²) in [6, 6.07) is 2.04. The summed E-state index contributed by atoms with van der Waals surface area (Å²) in [6.45, 7) is 9.36. The maximum absolute atomic E-state index is 12.8. The zero-order chi connectivity index (χ0) is 23.3. The number of aliphatic hydroxyl groups excluding tert-OH is 1. The number of ether oxygens (including phenoxy) is 3. The van der Waals surface area contributed by atoms with Crippen molar-refractivity contribution in [1.29, 1.82) is 0 Å². The molecule has 3 aliphatic carbocycles. The molecule has 0 radical (unpaired) electrons. The van der Waals surface area contributed by atoms with Gasteiger partial charge in [0.1, 0.15) is 0 Å². The van der Waals surface area contributed by atoms with Gasteiger partial charge in [0.25, 0.3) is 0 Å². The first-order valence-electron chi connectivity index (χ1n) is 12.1. The van der Waals surface area contributed by atoms with Crippen molar-refractivity contribution < 1.29 is 28.5 Å². The van der Waals surface area contributed by atoms with Crippen molar-refractivity contribution in [3.8, 4) is 0 Å². The molecule has 178 valence electrons. The van der Waals surface area contributed by atoms with Crippen LogP contribution in [0.2, 0.25) is 0 Å². The standard InChI is InChI=1S/C27H34O6/c1-14-16(15-7-9-31-12-15)10-17-21(14)27(4)18(11-20(29)30-5)25(2)8-6-19(28)26(3)13-32-22(23(25)26)24(27)33-17/h6-9,12,16-19,22-24,28H,10-11,13H2,1-5H3/t16-,17-,18-,19?,22-,23?,24-,25-,26-,27-/m1/s1. The highest BCUT2D eigenvalue weighted by atomic mass is 16.6. The number of carbonyl (C=O) groups is 1. The molecule has 6 nitrogen and oxygen atoms in total. The molecule has 1 N–H and O–H groups in total. The van der Waals surface area contributed by atoms with Crippen molar-refractivity contribution in [3.63, 3.8) is 0 Å². The highest BCUT2D eigenvalue weighted by Crippen LogP contribution is 2.72. The van der Waals surface area contributed by atoms with Crippen molar-refractivity contribution in [1.82, 2.24) is 0 Å². The van der Waals surface area contributed by atoms with Crippen LogP contribution >= 0.6 is 0 Å². The molecule has 1 aromatic heterocycles. The first kappa shape index (κ1) is 21.6. The third-order valence-corrected chi connectivity index (χ3v) is 10.1. The molecule has 2 saturated heterocycles. The molecule has 10 atom stereocenters. The van der Waals surface area contributed by atoms with Gasteiger partial charge in [-0.3, -0.25) is 4.79 Å². The predicted octanol–water partition coefficient (Wildman–Crippen LogP) is 4.01. The van der Waals surface area contributed by atoms with Gasteiger partial charge >= 0.3 is 5.97 Å². The van der Waals surface area contributed by atoms with Crippen LogP contribution in [0.3, 0.4) is 0 Å². The van der Waals surface area contributed by atoms with Crippen LogP contribution in [0, 0.1) is 28.1 Å². The maximum Gasteiger partial charge on any atom is 0.305 e. The van der Waals surface area contributed by atoms with Gasteiger partial charge < -0.3 is 23.7 Å². The number of fused-ring (bicyclic) bond motifs is 4. The molecule has 0 bridgehead atoms. The Balaban J connectivity index is 1.54. The zero-order valence-electron chi connectivity index (χ0n) is 20.0. The first-order chi connectivity index (χ1) is 15.7. The van der Waals surface area contributed by atoms with Gasteiger partial charge in [0, 0.05) is 22.7 Å². The van der Waals surface area contributed by atoms with Crippen LogP contribution in [0.25, 0.3) is 0 Å². The summed E-state index contributed by atoms with van der Waals surface area (Å²) in [5.74, 6) is 0.0730. The minimum atomic E-state index is -0.573. The summed E-state index contributed by atoms with van der Waals surface area (Å²) in [6.07, 6.45) is 7.96. The fourth-order valence-corrected chi connectivity index (χ4v) is 8.70. The fourth-order valence-electron chi connectivity index (χ4n) is 8.70. The number of aliphatic hydroxyl groups is 1. The highest BCUT2D eigenvalue weighted by Gasteiger charge is 2.74. The summed E-state index contributed by atoms with van der Waals surface area (Å²) in [7, 11) is 1.46. The van der Waals surface area contributed by atoms with Gasteiger partial charge in [-0.2, -0.15) is 0 Å². The molecule has 1 aromatic rings. The number of rotatable bonds is 3. The molecule has 2 aliphatic heterocycles. The number of furan rings is 1. The van der Waals surface area contributed by atoms with Gasteiger partial charge in [0.2, 0.25) is 0 Å². The molecular formula is C27H34O6. The van der Waals surface area contributed by atoms with E-state index in [0.29, 0.717) is 13.0 Å². The minimum absolute atomic E-state index is 0.00633. The lowest BCUT2D eigenvalue weighted by Crippen LogP contribution is -2.65. The molecule has 33 heavy (non-hydrogen) atoms. The lowest BCUT2D eigenvalue weighted by atomic mass is 9.42. The van der Waals surface area contributed by atoms with Gasteiger partial charge in [0.05, 0.1) is 57.1 Å². The summed E-state index contributed by atoms with van der Waals surface area (Å²) in [5, 5.41) is 11.0. The van der Waals surface area contributed by atoms with E-state index in [2.05, 4.69) is 33.8 Å². The number of esters is 1. The van der Waals surface area contributed by atoms with Gasteiger partial charge in [-0.25, -0.2) is 0 Å². The number of hydrogen-bond donors (Lipinski definition) is 1. The average molecular weight is 455 g/mol. The van der Waals surface area contributed by atoms with Gasteiger partial charge in [-0.1, -0.05) is 38.5 Å². The molecule has 6 heteroatoms. The third-order valence-electron chi connectivity index (χ3n) is 10.1. The number of hydrogen-bond acceptors (Lipinski definition) is 6. The Labute approximate surface area is 195 Å². The van der Waals surface area contributed by atoms with E-state index in [4.69, 9.17) is 18.6 Å². The Morgan fingerprint density at radius 1 is 1.30 bits per heavy atom. The normalized spacial score (nSPS) is 49.7. The molecule has 5 aliphatic rings. The summed E-state index contributed by atoms with van der Waals surface area (Å²) >= 11 is 0. The van der Waals surface area contributed by atoms with Crippen LogP contribution in [0.5, 0.6) is 0 Å². The Morgan fingerprint density at radius 3 is 2.79 bits per heavy atom. The van der Waals surface area contributed by atoms with Crippen molar-refractivity contribution in [2.45, 2.75) is 70.9 Å². The second kappa shape index (κ2) is 6.83. The molecule has 0 aromatic carbocycles. The number of methoxy groups -OCH3 is 1. The molecule has 1 saturated carbocycles. The van der Waals surface area contributed by atoms with Crippen LogP contribution in [0.4, 0.5) is 0 Å². The molecule has 2 unspecified atom stereocenters. The summed E-state index contributed by atoms with van der Waals surface area (Å²) in [5.41, 5.74) is 2.69. The molecule has 6 rings (SSSR count). The minimum Gasteiger partial charge on any atom is -0.472 e. The number of carbonyl (C=O) groups excluding carboxylic acids is 1. The average Bonchev–Trinajstić information content (AvgIpc) is 3.54. The topological polar surface area (TPSA) is 78.1 Å². The van der Waals surface area contributed by atoms with E-state index in [-0.39, 0.29) is 52.9 Å². The summed E-state index contributed by atoms with van der Waals surface area (Å²) < 4.78 is 23.9. The van der Waals surface area contributed by atoms with Crippen LogP contribution < -0.4 is 0 Å². The van der Waals surface area contributed by atoms with Crippen molar-refractivity contribution in [2.24, 2.45) is 28.1 Å². The van der Waals surface area contributed by atoms with Crippen LogP contribution in [-0.2, 0) is 19.0 Å². The highest BCUT2D eigenvalue weighted by molar-refractivity contribution is 5.70. The predicted molar refractivity (Wildman–Crippen MR) is 120 cm³/mol. The van der Waals surface area contributed by atoms with Crippen molar-refractivity contribution in [2.75, 3.05) is 13.7 Å². The van der Waals surface area contributed by atoms with Gasteiger partial charge in [-0.05, 0) is 41.9 Å². The van der Waals surface area contributed by atoms with Crippen molar-refractivity contribution in [3.05, 3.63) is 47.5 Å². The maximum atomic E-state index is 12.8. The Hall–Kier alpha value is -1.89. The second-order valence-electron chi connectivity index (χ2n) is 11.5.